The third-order valence-electron chi connectivity index (χ3n) is 3.49. The number of hydrogen-bond donors (Lipinski definition) is 1. The predicted octanol–water partition coefficient (Wildman–Crippen LogP) is -1.17. The maximum absolute atomic E-state index is 4.71. The molecule has 0 radical (unpaired) electrons. The first-order chi connectivity index (χ1) is 10.2. The third kappa shape index (κ3) is 3.10. The topological polar surface area (TPSA) is 60.2 Å². The molecule has 0 saturated heterocycles. The summed E-state index contributed by atoms with van der Waals surface area (Å²) in [5.74, 6) is 2.08. The highest BCUT2D eigenvalue weighted by atomic mass is 35.5. The molecule has 0 unspecified atom stereocenters. The van der Waals surface area contributed by atoms with Crippen molar-refractivity contribution < 1.29 is 17.7 Å². The summed E-state index contributed by atoms with van der Waals surface area (Å²) in [4.78, 5) is 13.8. The van der Waals surface area contributed by atoms with E-state index in [1.54, 1.807) is 0 Å². The molecule has 1 aromatic carbocycles. The van der Waals surface area contributed by atoms with Crippen molar-refractivity contribution in [3.05, 3.63) is 48.0 Å². The monoisotopic (exact) mass is 317 g/mol. The number of hydrogen-bond acceptors (Lipinski definition) is 3. The van der Waals surface area contributed by atoms with Gasteiger partial charge in [0.05, 0.1) is 19.9 Å². The second kappa shape index (κ2) is 6.85. The molecule has 0 aliphatic rings. The van der Waals surface area contributed by atoms with Crippen LogP contribution in [0.5, 0.6) is 0 Å². The largest absolute Gasteiger partial charge is 1.00 e. The van der Waals surface area contributed by atoms with Gasteiger partial charge in [-0.25, -0.2) is 9.97 Å². The van der Waals surface area contributed by atoms with Gasteiger partial charge in [-0.15, -0.1) is 0 Å². The normalized spacial score (nSPS) is 10.9. The van der Waals surface area contributed by atoms with Crippen LogP contribution < -0.4 is 17.7 Å². The summed E-state index contributed by atoms with van der Waals surface area (Å²) < 4.78 is 2.09. The first-order valence-electron chi connectivity index (χ1n) is 7.25. The molecule has 6 heteroatoms. The molecule has 0 atom stereocenters. The molecule has 0 aliphatic carbocycles. The Morgan fingerprint density at radius 2 is 1.86 bits per heavy atom. The summed E-state index contributed by atoms with van der Waals surface area (Å²) in [6.07, 6.45) is 1.85. The Hall–Kier alpha value is -1.98. The van der Waals surface area contributed by atoms with E-state index in [1.807, 2.05) is 36.9 Å². The van der Waals surface area contributed by atoms with E-state index < -0.39 is 0 Å². The lowest BCUT2D eigenvalue weighted by Gasteiger charge is -2.07. The highest BCUT2D eigenvalue weighted by molar-refractivity contribution is 5.78. The zero-order chi connectivity index (χ0) is 14.8. The Balaban J connectivity index is 0.00000176. The minimum Gasteiger partial charge on any atom is -1.00 e. The minimum atomic E-state index is 0. The highest BCUT2D eigenvalue weighted by Crippen LogP contribution is 2.20. The van der Waals surface area contributed by atoms with Gasteiger partial charge < -0.3 is 17.0 Å². The summed E-state index contributed by atoms with van der Waals surface area (Å²) in [5, 5.41) is 2.00. The van der Waals surface area contributed by atoms with Crippen LogP contribution in [0.15, 0.2) is 36.7 Å². The lowest BCUT2D eigenvalue weighted by Crippen LogP contribution is -3.00. The Morgan fingerprint density at radius 3 is 2.50 bits per heavy atom. The molecule has 2 aromatic heterocycles. The Morgan fingerprint density at radius 1 is 1.14 bits per heavy atom. The number of imidazole rings is 1. The molecule has 0 bridgehead atoms. The van der Waals surface area contributed by atoms with Gasteiger partial charge in [-0.2, -0.15) is 4.98 Å². The number of rotatable bonds is 4. The summed E-state index contributed by atoms with van der Waals surface area (Å²) in [6, 6.07) is 10.4. The van der Waals surface area contributed by atoms with E-state index in [4.69, 9.17) is 4.98 Å². The van der Waals surface area contributed by atoms with E-state index in [0.29, 0.717) is 5.92 Å². The second-order valence-corrected chi connectivity index (χ2v) is 5.44. The Kier molecular flexibility index (Phi) is 5.11. The average Bonchev–Trinajstić information content (AvgIpc) is 2.90. The Labute approximate surface area is 136 Å². The fraction of sp³-hybridized carbons (Fsp3) is 0.312. The van der Waals surface area contributed by atoms with Crippen LogP contribution in [-0.4, -0.2) is 26.6 Å². The van der Waals surface area contributed by atoms with Crippen LogP contribution in [0.4, 0.5) is 5.82 Å². The lowest BCUT2D eigenvalue weighted by molar-refractivity contribution is -0.542. The quantitative estimate of drug-likeness (QED) is 0.659. The first-order valence-corrected chi connectivity index (χ1v) is 7.25. The second-order valence-electron chi connectivity index (χ2n) is 5.44. The molecule has 116 valence electrons. The molecule has 3 rings (SSSR count). The van der Waals surface area contributed by atoms with E-state index >= 15 is 0 Å². The van der Waals surface area contributed by atoms with Gasteiger partial charge in [-0.1, -0.05) is 44.2 Å². The molecule has 0 spiro atoms. The predicted molar refractivity (Wildman–Crippen MR) is 82.5 cm³/mol. The van der Waals surface area contributed by atoms with Crippen molar-refractivity contribution in [2.24, 2.45) is 0 Å². The molecule has 5 nitrogen and oxygen atoms in total. The van der Waals surface area contributed by atoms with Crippen LogP contribution in [-0.2, 0) is 6.54 Å². The molecule has 3 aromatic rings. The van der Waals surface area contributed by atoms with E-state index in [9.17, 15) is 0 Å². The van der Waals surface area contributed by atoms with Gasteiger partial charge in [0.2, 0.25) is 0 Å². The van der Waals surface area contributed by atoms with Crippen LogP contribution in [0.3, 0.4) is 0 Å². The van der Waals surface area contributed by atoms with Gasteiger partial charge in [-0.3, -0.25) is 5.32 Å². The number of quaternary nitrogens is 1. The van der Waals surface area contributed by atoms with E-state index in [0.717, 1.165) is 29.4 Å². The molecule has 0 fully saturated rings. The van der Waals surface area contributed by atoms with Crippen molar-refractivity contribution in [2.45, 2.75) is 26.3 Å². The SMILES string of the molecule is C[NH2+]c1nc(C(C)C)nc2c1ncn2Cc1ccccc1.[Cl-]. The highest BCUT2D eigenvalue weighted by Gasteiger charge is 2.16. The fourth-order valence-electron chi connectivity index (χ4n) is 2.34. The van der Waals surface area contributed by atoms with Crippen LogP contribution >= 0.6 is 0 Å². The van der Waals surface area contributed by atoms with Gasteiger partial charge in [-0.05, 0) is 5.56 Å². The van der Waals surface area contributed by atoms with Gasteiger partial charge >= 0.3 is 0 Å². The number of nitrogens with zero attached hydrogens (tertiary/aromatic N) is 4. The van der Waals surface area contributed by atoms with Crippen LogP contribution in [0, 0.1) is 0 Å². The third-order valence-corrected chi connectivity index (χ3v) is 3.49. The van der Waals surface area contributed by atoms with Crippen molar-refractivity contribution in [1.82, 2.24) is 19.5 Å². The fourth-order valence-corrected chi connectivity index (χ4v) is 2.34. The minimum absolute atomic E-state index is 0. The molecule has 22 heavy (non-hydrogen) atoms. The smallest absolute Gasteiger partial charge is 0.256 e. The molecule has 0 aliphatic heterocycles. The van der Waals surface area contributed by atoms with Gasteiger partial charge in [0.25, 0.3) is 5.82 Å². The van der Waals surface area contributed by atoms with Crippen LogP contribution in [0.1, 0.15) is 31.2 Å². The summed E-state index contributed by atoms with van der Waals surface area (Å²) in [6.45, 7) is 4.99. The van der Waals surface area contributed by atoms with Crippen molar-refractivity contribution in [3.8, 4) is 0 Å². The zero-order valence-corrected chi connectivity index (χ0v) is 13.7. The van der Waals surface area contributed by atoms with Gasteiger partial charge in [0.1, 0.15) is 5.82 Å². The first kappa shape index (κ1) is 16.4. The number of aromatic nitrogens is 4. The lowest BCUT2D eigenvalue weighted by atomic mass is 10.2. The molecule has 2 N–H and O–H groups in total. The number of halogens is 1. The van der Waals surface area contributed by atoms with Crippen molar-refractivity contribution in [3.63, 3.8) is 0 Å². The van der Waals surface area contributed by atoms with E-state index in [2.05, 4.69) is 40.5 Å². The molecule has 0 amide bonds. The average molecular weight is 318 g/mol. The van der Waals surface area contributed by atoms with E-state index in [1.165, 1.54) is 5.56 Å². The molecular formula is C16H20ClN5. The number of fused-ring (bicyclic) bond motifs is 1. The van der Waals surface area contributed by atoms with Gasteiger partial charge in [0.15, 0.2) is 11.2 Å². The Bertz CT molecular complexity index is 752. The summed E-state index contributed by atoms with van der Waals surface area (Å²) >= 11 is 0. The van der Waals surface area contributed by atoms with Crippen molar-refractivity contribution in [1.29, 1.82) is 0 Å². The van der Waals surface area contributed by atoms with Crippen LogP contribution in [0.2, 0.25) is 0 Å². The van der Waals surface area contributed by atoms with E-state index in [-0.39, 0.29) is 12.4 Å². The summed E-state index contributed by atoms with van der Waals surface area (Å²) in [5.41, 5.74) is 3.02. The van der Waals surface area contributed by atoms with Gasteiger partial charge in [0, 0.05) is 5.92 Å². The van der Waals surface area contributed by atoms with Crippen molar-refractivity contribution >= 4 is 17.0 Å². The number of benzene rings is 1. The maximum Gasteiger partial charge on any atom is 0.256 e. The van der Waals surface area contributed by atoms with Crippen LogP contribution in [0.25, 0.3) is 11.2 Å². The maximum atomic E-state index is 4.71. The molecule has 2 heterocycles. The number of nitrogens with two attached hydrogens (primary N) is 1. The van der Waals surface area contributed by atoms with Crippen molar-refractivity contribution in [2.75, 3.05) is 7.05 Å². The summed E-state index contributed by atoms with van der Waals surface area (Å²) in [7, 11) is 1.99. The molecule has 0 saturated carbocycles. The molecular weight excluding hydrogens is 298 g/mol. The zero-order valence-electron chi connectivity index (χ0n) is 13.0. The standard InChI is InChI=1S/C16H19N5.ClH/c1-11(2)14-19-15(17-3)13-16(20-14)21(10-18-13)9-12-7-5-4-6-8-12;/h4-8,10-11H,9H2,1-3H3,(H,17,19,20);1H.